The van der Waals surface area contributed by atoms with E-state index in [0.29, 0.717) is 13.0 Å². The molecule has 0 aromatic heterocycles. The Kier molecular flexibility index (Phi) is 4.94. The Bertz CT molecular complexity index is 691. The third-order valence-corrected chi connectivity index (χ3v) is 3.85. The number of carbonyl (C=O) groups excluding carboxylic acids is 1. The molecule has 0 saturated carbocycles. The first kappa shape index (κ1) is 16.0. The maximum absolute atomic E-state index is 11.4. The van der Waals surface area contributed by atoms with Crippen molar-refractivity contribution >= 4 is 29.1 Å². The van der Waals surface area contributed by atoms with Crippen molar-refractivity contribution in [2.45, 2.75) is 17.4 Å². The average molecular weight is 352 g/mol. The van der Waals surface area contributed by atoms with Crippen LogP contribution in [0.1, 0.15) is 5.56 Å². The summed E-state index contributed by atoms with van der Waals surface area (Å²) in [6, 6.07) is 15.3. The molecule has 2 aromatic carbocycles. The zero-order valence-electron chi connectivity index (χ0n) is 12.2. The number of benzene rings is 2. The minimum atomic E-state index is -1.07. The molecule has 4 nitrogen and oxygen atoms in total. The molecule has 0 aliphatic carbocycles. The van der Waals surface area contributed by atoms with Gasteiger partial charge in [0.05, 0.1) is 6.54 Å². The fourth-order valence-electron chi connectivity index (χ4n) is 2.39. The van der Waals surface area contributed by atoms with Crippen LogP contribution in [0, 0.1) is 0 Å². The van der Waals surface area contributed by atoms with E-state index in [0.717, 1.165) is 22.8 Å². The van der Waals surface area contributed by atoms with E-state index in [4.69, 9.17) is 32.7 Å². The Morgan fingerprint density at radius 1 is 1.22 bits per heavy atom. The van der Waals surface area contributed by atoms with Gasteiger partial charge in [-0.15, -0.1) is 0 Å². The zero-order valence-corrected chi connectivity index (χ0v) is 13.7. The van der Waals surface area contributed by atoms with Gasteiger partial charge in [0.15, 0.2) is 4.84 Å². The maximum atomic E-state index is 11.4. The lowest BCUT2D eigenvalue weighted by Gasteiger charge is -2.12. The van der Waals surface area contributed by atoms with Gasteiger partial charge in [0.25, 0.3) is 5.91 Å². The molecular formula is C17H15Cl2NO3. The molecule has 23 heavy (non-hydrogen) atoms. The summed E-state index contributed by atoms with van der Waals surface area (Å²) in [5.41, 5.74) is 1.05. The van der Waals surface area contributed by atoms with Gasteiger partial charge in [0.1, 0.15) is 23.4 Å². The average Bonchev–Trinajstić information content (AvgIpc) is 2.95. The Hall–Kier alpha value is -1.91. The van der Waals surface area contributed by atoms with Crippen LogP contribution in [0.2, 0.25) is 0 Å². The van der Waals surface area contributed by atoms with E-state index in [9.17, 15) is 4.79 Å². The Morgan fingerprint density at radius 2 is 2.00 bits per heavy atom. The first-order valence-electron chi connectivity index (χ1n) is 7.20. The minimum absolute atomic E-state index is 0.131. The van der Waals surface area contributed by atoms with Crippen molar-refractivity contribution in [3.8, 4) is 17.2 Å². The molecule has 3 rings (SSSR count). The van der Waals surface area contributed by atoms with E-state index >= 15 is 0 Å². The van der Waals surface area contributed by atoms with Crippen molar-refractivity contribution in [2.24, 2.45) is 0 Å². The quantitative estimate of drug-likeness (QED) is 0.835. The van der Waals surface area contributed by atoms with Crippen molar-refractivity contribution in [3.05, 3.63) is 54.1 Å². The van der Waals surface area contributed by atoms with Crippen LogP contribution < -0.4 is 14.8 Å². The number of para-hydroxylation sites is 1. The summed E-state index contributed by atoms with van der Waals surface area (Å²) in [6.45, 7) is 0.359. The summed E-state index contributed by atoms with van der Waals surface area (Å²) < 4.78 is 11.6. The van der Waals surface area contributed by atoms with Crippen LogP contribution in [0.25, 0.3) is 0 Å². The van der Waals surface area contributed by atoms with Gasteiger partial charge in [0.2, 0.25) is 0 Å². The van der Waals surface area contributed by atoms with E-state index in [1.807, 2.05) is 48.5 Å². The van der Waals surface area contributed by atoms with Crippen LogP contribution in [0.3, 0.4) is 0 Å². The van der Waals surface area contributed by atoms with Crippen LogP contribution in [-0.2, 0) is 11.2 Å². The second-order valence-corrected chi connectivity index (χ2v) is 6.27. The van der Waals surface area contributed by atoms with Crippen LogP contribution in [0.4, 0.5) is 0 Å². The highest BCUT2D eigenvalue weighted by molar-refractivity contribution is 6.53. The Labute approximate surface area is 144 Å². The van der Waals surface area contributed by atoms with Gasteiger partial charge >= 0.3 is 0 Å². The number of hydrogen-bond acceptors (Lipinski definition) is 3. The van der Waals surface area contributed by atoms with Gasteiger partial charge in [-0.3, -0.25) is 4.79 Å². The summed E-state index contributed by atoms with van der Waals surface area (Å²) in [6.07, 6.45) is 0.560. The lowest BCUT2D eigenvalue weighted by molar-refractivity contribution is -0.119. The first-order chi connectivity index (χ1) is 11.1. The van der Waals surface area contributed by atoms with Crippen molar-refractivity contribution < 1.29 is 14.3 Å². The Morgan fingerprint density at radius 3 is 2.74 bits per heavy atom. The highest BCUT2D eigenvalue weighted by Crippen LogP contribution is 2.33. The molecule has 6 heteroatoms. The van der Waals surface area contributed by atoms with Crippen LogP contribution >= 0.6 is 23.2 Å². The van der Waals surface area contributed by atoms with Gasteiger partial charge in [-0.2, -0.15) is 0 Å². The van der Waals surface area contributed by atoms with Crippen LogP contribution in [0.15, 0.2) is 48.5 Å². The SMILES string of the molecule is O=C(NCC1Cc2cc(Oc3ccccc3)ccc2O1)C(Cl)Cl. The third-order valence-electron chi connectivity index (χ3n) is 3.45. The normalized spacial score (nSPS) is 15.9. The second-order valence-electron chi connectivity index (χ2n) is 5.17. The number of halogens is 2. The monoisotopic (exact) mass is 351 g/mol. The van der Waals surface area contributed by atoms with E-state index in [1.54, 1.807) is 0 Å². The number of hydrogen-bond donors (Lipinski definition) is 1. The molecule has 0 bridgehead atoms. The number of carbonyl (C=O) groups is 1. The fraction of sp³-hybridized carbons (Fsp3) is 0.235. The molecule has 0 fully saturated rings. The van der Waals surface area contributed by atoms with Crippen molar-refractivity contribution in [1.29, 1.82) is 0 Å². The standard InChI is InChI=1S/C17H15Cl2NO3/c18-16(19)17(21)20-10-14-9-11-8-13(6-7-15(11)23-14)22-12-4-2-1-3-5-12/h1-8,14,16H,9-10H2,(H,20,21). The number of nitrogens with one attached hydrogen (secondary N) is 1. The van der Waals surface area contributed by atoms with Crippen LogP contribution in [-0.4, -0.2) is 23.4 Å². The molecule has 1 aliphatic heterocycles. The molecule has 0 saturated heterocycles. The molecule has 0 spiro atoms. The number of fused-ring (bicyclic) bond motifs is 1. The summed E-state index contributed by atoms with van der Waals surface area (Å²) in [7, 11) is 0. The van der Waals surface area contributed by atoms with Crippen molar-refractivity contribution in [2.75, 3.05) is 6.54 Å². The van der Waals surface area contributed by atoms with E-state index < -0.39 is 10.7 Å². The second kappa shape index (κ2) is 7.11. The number of ether oxygens (including phenoxy) is 2. The topological polar surface area (TPSA) is 47.6 Å². The fourth-order valence-corrected chi connectivity index (χ4v) is 2.54. The molecule has 2 aromatic rings. The molecule has 1 atom stereocenters. The third kappa shape index (κ3) is 4.09. The van der Waals surface area contributed by atoms with E-state index in [1.165, 1.54) is 0 Å². The molecular weight excluding hydrogens is 337 g/mol. The van der Waals surface area contributed by atoms with Gasteiger partial charge < -0.3 is 14.8 Å². The molecule has 1 amide bonds. The smallest absolute Gasteiger partial charge is 0.253 e. The summed E-state index contributed by atoms with van der Waals surface area (Å²) in [5, 5.41) is 2.65. The van der Waals surface area contributed by atoms with Crippen molar-refractivity contribution in [1.82, 2.24) is 5.32 Å². The predicted octanol–water partition coefficient (Wildman–Crippen LogP) is 3.70. The van der Waals surface area contributed by atoms with Gasteiger partial charge in [-0.25, -0.2) is 0 Å². The van der Waals surface area contributed by atoms with E-state index in [-0.39, 0.29) is 6.10 Å². The molecule has 1 aliphatic rings. The lowest BCUT2D eigenvalue weighted by Crippen LogP contribution is -2.37. The predicted molar refractivity (Wildman–Crippen MR) is 89.6 cm³/mol. The van der Waals surface area contributed by atoms with Crippen LogP contribution in [0.5, 0.6) is 17.2 Å². The number of amides is 1. The van der Waals surface area contributed by atoms with Gasteiger partial charge in [0, 0.05) is 12.0 Å². The van der Waals surface area contributed by atoms with Gasteiger partial charge in [-0.05, 0) is 30.3 Å². The molecule has 120 valence electrons. The Balaban J connectivity index is 1.61. The lowest BCUT2D eigenvalue weighted by atomic mass is 10.1. The van der Waals surface area contributed by atoms with Gasteiger partial charge in [-0.1, -0.05) is 41.4 Å². The minimum Gasteiger partial charge on any atom is -0.488 e. The molecule has 1 heterocycles. The number of alkyl halides is 2. The zero-order chi connectivity index (χ0) is 16.2. The summed E-state index contributed by atoms with van der Waals surface area (Å²) in [5.74, 6) is 1.93. The largest absolute Gasteiger partial charge is 0.488 e. The number of rotatable bonds is 5. The summed E-state index contributed by atoms with van der Waals surface area (Å²) >= 11 is 11.0. The first-order valence-corrected chi connectivity index (χ1v) is 8.07. The highest BCUT2D eigenvalue weighted by atomic mass is 35.5. The van der Waals surface area contributed by atoms with Crippen molar-refractivity contribution in [3.63, 3.8) is 0 Å². The molecule has 0 radical (unpaired) electrons. The highest BCUT2D eigenvalue weighted by Gasteiger charge is 2.24. The molecule has 1 unspecified atom stereocenters. The molecule has 1 N–H and O–H groups in total. The van der Waals surface area contributed by atoms with E-state index in [2.05, 4.69) is 5.32 Å². The summed E-state index contributed by atoms with van der Waals surface area (Å²) in [4.78, 5) is 10.3. The maximum Gasteiger partial charge on any atom is 0.253 e.